The molecule has 5 nitrogen and oxygen atoms in total. The molecule has 0 atom stereocenters. The van der Waals surface area contributed by atoms with Crippen molar-refractivity contribution in [2.24, 2.45) is 5.41 Å². The number of aliphatic hydroxyl groups excluding tert-OH is 1. The molecule has 100 valence electrons. The monoisotopic (exact) mass is 244 g/mol. The van der Waals surface area contributed by atoms with Crippen LogP contribution in [-0.2, 0) is 4.74 Å². The van der Waals surface area contributed by atoms with Gasteiger partial charge in [0, 0.05) is 12.7 Å². The molecule has 2 amide bonds. The van der Waals surface area contributed by atoms with Crippen molar-refractivity contribution in [2.45, 2.75) is 27.7 Å². The van der Waals surface area contributed by atoms with Crippen molar-refractivity contribution in [1.29, 1.82) is 0 Å². The molecular formula is C12H24N2O3. The van der Waals surface area contributed by atoms with Crippen molar-refractivity contribution in [3.05, 3.63) is 11.8 Å². The minimum atomic E-state index is -0.249. The van der Waals surface area contributed by atoms with E-state index >= 15 is 0 Å². The highest BCUT2D eigenvalue weighted by Crippen LogP contribution is 2.23. The van der Waals surface area contributed by atoms with Gasteiger partial charge in [0.25, 0.3) is 0 Å². The third-order valence-corrected chi connectivity index (χ3v) is 2.37. The maximum absolute atomic E-state index is 11.3. The number of nitrogens with one attached hydrogen (secondary N) is 2. The Balaban J connectivity index is 3.73. The van der Waals surface area contributed by atoms with Crippen molar-refractivity contribution < 1.29 is 14.6 Å². The Morgan fingerprint density at radius 1 is 1.35 bits per heavy atom. The molecule has 0 aromatic carbocycles. The topological polar surface area (TPSA) is 70.6 Å². The minimum Gasteiger partial charge on any atom is -0.394 e. The van der Waals surface area contributed by atoms with Crippen molar-refractivity contribution in [3.63, 3.8) is 0 Å². The fourth-order valence-corrected chi connectivity index (χ4v) is 0.845. The molecular weight excluding hydrogens is 220 g/mol. The molecule has 5 heteroatoms. The molecule has 0 unspecified atom stereocenters. The molecule has 17 heavy (non-hydrogen) atoms. The average molecular weight is 244 g/mol. The summed E-state index contributed by atoms with van der Waals surface area (Å²) in [6.07, 6.45) is 1.71. The van der Waals surface area contributed by atoms with Crippen molar-refractivity contribution >= 4 is 6.03 Å². The summed E-state index contributed by atoms with van der Waals surface area (Å²) >= 11 is 0. The van der Waals surface area contributed by atoms with E-state index in [4.69, 9.17) is 9.84 Å². The number of ether oxygens (including phenoxy) is 1. The Morgan fingerprint density at radius 3 is 2.53 bits per heavy atom. The van der Waals surface area contributed by atoms with E-state index in [1.54, 1.807) is 6.20 Å². The number of carbonyl (C=O) groups is 1. The normalized spacial score (nSPS) is 12.4. The largest absolute Gasteiger partial charge is 0.394 e. The van der Waals surface area contributed by atoms with Crippen LogP contribution in [0.2, 0.25) is 0 Å². The van der Waals surface area contributed by atoms with Gasteiger partial charge in [-0.3, -0.25) is 0 Å². The van der Waals surface area contributed by atoms with Gasteiger partial charge in [-0.1, -0.05) is 26.3 Å². The second kappa shape index (κ2) is 8.08. The van der Waals surface area contributed by atoms with Crippen LogP contribution < -0.4 is 10.6 Å². The molecule has 0 aromatic rings. The summed E-state index contributed by atoms with van der Waals surface area (Å²) in [5.41, 5.74) is 1.15. The van der Waals surface area contributed by atoms with Crippen LogP contribution in [0.25, 0.3) is 0 Å². The summed E-state index contributed by atoms with van der Waals surface area (Å²) < 4.78 is 5.01. The Hall–Kier alpha value is -1.07. The molecule has 0 radical (unpaired) electrons. The number of aliphatic hydroxyl groups is 1. The summed E-state index contributed by atoms with van der Waals surface area (Å²) in [6, 6.07) is -0.249. The zero-order valence-corrected chi connectivity index (χ0v) is 11.2. The number of rotatable bonds is 6. The lowest BCUT2D eigenvalue weighted by Crippen LogP contribution is -2.35. The molecule has 0 aliphatic rings. The first kappa shape index (κ1) is 15.9. The summed E-state index contributed by atoms with van der Waals surface area (Å²) in [4.78, 5) is 11.3. The Bertz CT molecular complexity index is 257. The molecule has 0 rings (SSSR count). The lowest BCUT2D eigenvalue weighted by Gasteiger charge is -2.19. The van der Waals surface area contributed by atoms with E-state index in [1.165, 1.54) is 0 Å². The fraction of sp³-hybridized carbons (Fsp3) is 0.750. The molecule has 0 aliphatic carbocycles. The van der Waals surface area contributed by atoms with E-state index in [2.05, 4.69) is 31.4 Å². The summed E-state index contributed by atoms with van der Waals surface area (Å²) in [6.45, 7) is 9.35. The van der Waals surface area contributed by atoms with Crippen LogP contribution in [-0.4, -0.2) is 37.5 Å². The number of carbonyl (C=O) groups excluding carboxylic acids is 1. The average Bonchev–Trinajstić information content (AvgIpc) is 2.24. The van der Waals surface area contributed by atoms with Crippen LogP contribution in [0.1, 0.15) is 27.7 Å². The first-order valence-corrected chi connectivity index (χ1v) is 5.78. The summed E-state index contributed by atoms with van der Waals surface area (Å²) in [7, 11) is 0. The first-order chi connectivity index (χ1) is 7.88. The van der Waals surface area contributed by atoms with E-state index in [1.807, 2.05) is 6.92 Å². The molecule has 0 bridgehead atoms. The maximum atomic E-state index is 11.3. The molecule has 0 saturated heterocycles. The predicted octanol–water partition coefficient (Wildman–Crippen LogP) is 1.24. The van der Waals surface area contributed by atoms with Crippen LogP contribution in [0, 0.1) is 5.41 Å². The van der Waals surface area contributed by atoms with E-state index < -0.39 is 0 Å². The fourth-order valence-electron chi connectivity index (χ4n) is 0.845. The maximum Gasteiger partial charge on any atom is 0.318 e. The molecule has 0 spiro atoms. The molecule has 0 saturated carbocycles. The lowest BCUT2D eigenvalue weighted by molar-refractivity contribution is 0.0948. The second-order valence-electron chi connectivity index (χ2n) is 4.81. The van der Waals surface area contributed by atoms with Gasteiger partial charge in [0.15, 0.2) is 0 Å². The number of hydrogen-bond donors (Lipinski definition) is 3. The zero-order valence-electron chi connectivity index (χ0n) is 11.2. The SMILES string of the molecule is C/C(=C\NC(=O)NCCOCCO)C(C)(C)C. The van der Waals surface area contributed by atoms with Crippen LogP contribution in [0.3, 0.4) is 0 Å². The highest BCUT2D eigenvalue weighted by Gasteiger charge is 2.12. The van der Waals surface area contributed by atoms with Crippen molar-refractivity contribution in [3.8, 4) is 0 Å². The number of urea groups is 1. The Morgan fingerprint density at radius 2 is 2.00 bits per heavy atom. The van der Waals surface area contributed by atoms with Crippen molar-refractivity contribution in [2.75, 3.05) is 26.4 Å². The van der Waals surface area contributed by atoms with Gasteiger partial charge < -0.3 is 20.5 Å². The van der Waals surface area contributed by atoms with Gasteiger partial charge in [0.2, 0.25) is 0 Å². The number of hydrogen-bond acceptors (Lipinski definition) is 3. The Kier molecular flexibility index (Phi) is 7.58. The van der Waals surface area contributed by atoms with Crippen molar-refractivity contribution in [1.82, 2.24) is 10.6 Å². The molecule has 0 aliphatic heterocycles. The Labute approximate surface area is 103 Å². The summed E-state index contributed by atoms with van der Waals surface area (Å²) in [5.74, 6) is 0. The molecule has 0 fully saturated rings. The smallest absolute Gasteiger partial charge is 0.318 e. The van der Waals surface area contributed by atoms with E-state index in [0.717, 1.165) is 5.57 Å². The van der Waals surface area contributed by atoms with Gasteiger partial charge in [-0.25, -0.2) is 4.79 Å². The quantitative estimate of drug-likeness (QED) is 0.616. The lowest BCUT2D eigenvalue weighted by atomic mass is 9.88. The molecule has 0 aromatic heterocycles. The number of allylic oxidation sites excluding steroid dienone is 1. The zero-order chi connectivity index (χ0) is 13.3. The minimum absolute atomic E-state index is 0.000286. The van der Waals surface area contributed by atoms with Crippen LogP contribution in [0.4, 0.5) is 4.79 Å². The second-order valence-corrected chi connectivity index (χ2v) is 4.81. The van der Waals surface area contributed by atoms with Crippen LogP contribution >= 0.6 is 0 Å². The van der Waals surface area contributed by atoms with E-state index in [0.29, 0.717) is 19.8 Å². The third kappa shape index (κ3) is 8.71. The third-order valence-electron chi connectivity index (χ3n) is 2.37. The molecule has 3 N–H and O–H groups in total. The highest BCUT2D eigenvalue weighted by molar-refractivity contribution is 5.74. The standard InChI is InChI=1S/C12H24N2O3/c1-10(12(2,3)4)9-14-11(16)13-5-7-17-8-6-15/h9,15H,5-8H2,1-4H3,(H2,13,14,16)/b10-9+. The van der Waals surface area contributed by atoms with E-state index in [9.17, 15) is 4.79 Å². The summed E-state index contributed by atoms with van der Waals surface area (Å²) in [5, 5.41) is 13.8. The van der Waals surface area contributed by atoms with Gasteiger partial charge in [0.05, 0.1) is 19.8 Å². The predicted molar refractivity (Wildman–Crippen MR) is 67.7 cm³/mol. The molecule has 0 heterocycles. The van der Waals surface area contributed by atoms with Crippen LogP contribution in [0.15, 0.2) is 11.8 Å². The highest BCUT2D eigenvalue weighted by atomic mass is 16.5. The van der Waals surface area contributed by atoms with Gasteiger partial charge in [0.1, 0.15) is 0 Å². The van der Waals surface area contributed by atoms with Gasteiger partial charge in [-0.15, -0.1) is 0 Å². The van der Waals surface area contributed by atoms with Gasteiger partial charge >= 0.3 is 6.03 Å². The first-order valence-electron chi connectivity index (χ1n) is 5.78. The van der Waals surface area contributed by atoms with Crippen LogP contribution in [0.5, 0.6) is 0 Å². The number of amides is 2. The van der Waals surface area contributed by atoms with E-state index in [-0.39, 0.29) is 18.1 Å². The van der Waals surface area contributed by atoms with Gasteiger partial charge in [-0.05, 0) is 12.3 Å². The van der Waals surface area contributed by atoms with Gasteiger partial charge in [-0.2, -0.15) is 0 Å².